The molecule has 14 heteroatoms. The van der Waals surface area contributed by atoms with Crippen molar-refractivity contribution in [1.82, 2.24) is 0 Å². The lowest BCUT2D eigenvalue weighted by Gasteiger charge is -2.42. The van der Waals surface area contributed by atoms with Crippen molar-refractivity contribution in [2.24, 2.45) is 11.8 Å². The summed E-state index contributed by atoms with van der Waals surface area (Å²) in [4.78, 5) is 35.8. The highest BCUT2D eigenvalue weighted by Gasteiger charge is 2.51. The van der Waals surface area contributed by atoms with Crippen molar-refractivity contribution in [3.63, 3.8) is 0 Å². The van der Waals surface area contributed by atoms with Crippen LogP contribution in [0, 0.1) is 11.8 Å². The molecule has 38 heavy (non-hydrogen) atoms. The fraction of sp³-hybridized carbons (Fsp3) is 0.458. The lowest BCUT2D eigenvalue weighted by molar-refractivity contribution is -0.339. The molecule has 1 aliphatic carbocycles. The van der Waals surface area contributed by atoms with E-state index in [4.69, 9.17) is 23.7 Å². The zero-order valence-electron chi connectivity index (χ0n) is 19.9. The van der Waals surface area contributed by atoms with Crippen LogP contribution in [0.25, 0.3) is 0 Å². The second-order valence-electron chi connectivity index (χ2n) is 8.85. The summed E-state index contributed by atoms with van der Waals surface area (Å²) in [6, 6.07) is 3.72. The number of esters is 1. The number of aliphatic hydroxyl groups excluding tert-OH is 3. The number of carbonyl (C=O) groups is 3. The first kappa shape index (κ1) is 27.3. The van der Waals surface area contributed by atoms with E-state index in [9.17, 15) is 45.0 Å². The number of phenolic OH excluding ortho intramolecular Hbond substituents is 1. The molecule has 1 aromatic rings. The number of phenols is 1. The van der Waals surface area contributed by atoms with Gasteiger partial charge >= 0.3 is 17.9 Å². The van der Waals surface area contributed by atoms with Crippen LogP contribution in [0.5, 0.6) is 11.5 Å². The number of allylic oxidation sites excluding steroid dienone is 1. The van der Waals surface area contributed by atoms with Gasteiger partial charge in [-0.05, 0) is 24.6 Å². The normalized spacial score (nSPS) is 32.3. The van der Waals surface area contributed by atoms with Gasteiger partial charge in [-0.2, -0.15) is 0 Å². The number of fused-ring (bicyclic) bond motifs is 1. The Morgan fingerprint density at radius 2 is 1.71 bits per heavy atom. The van der Waals surface area contributed by atoms with E-state index in [1.165, 1.54) is 31.4 Å². The predicted molar refractivity (Wildman–Crippen MR) is 121 cm³/mol. The number of carbonyl (C=O) groups excluding carboxylic acids is 1. The molecule has 206 valence electrons. The van der Waals surface area contributed by atoms with Gasteiger partial charge in [0.2, 0.25) is 6.29 Å². The Morgan fingerprint density at radius 3 is 2.37 bits per heavy atom. The minimum Gasteiger partial charge on any atom is -0.504 e. The summed E-state index contributed by atoms with van der Waals surface area (Å²) >= 11 is 0. The van der Waals surface area contributed by atoms with E-state index in [1.54, 1.807) is 0 Å². The highest BCUT2D eigenvalue weighted by Crippen LogP contribution is 2.44. The number of benzene rings is 1. The van der Waals surface area contributed by atoms with E-state index >= 15 is 0 Å². The van der Waals surface area contributed by atoms with Crippen LogP contribution in [-0.2, 0) is 28.5 Å². The molecule has 2 aliphatic heterocycles. The van der Waals surface area contributed by atoms with E-state index in [1.807, 2.05) is 0 Å². The maximum absolute atomic E-state index is 12.5. The summed E-state index contributed by atoms with van der Waals surface area (Å²) in [6.45, 7) is -0.590. The number of rotatable bonds is 8. The standard InChI is InChI=1S/C24H26O14/c1-34-14-6-9(2-5-13(14)25)22(33)35-8-15-17(26)18(27)19(28)24(37-15)38-23-16-10(3-4-11(16)20(29)30)12(7-36-23)21(31)32/h2,4-7,10,15-19,23-28H,3,8H2,1H3,(H,29,30)(H,31,32). The Hall–Kier alpha value is -3.69. The minimum atomic E-state index is -1.82. The van der Waals surface area contributed by atoms with Crippen molar-refractivity contribution in [3.8, 4) is 11.5 Å². The summed E-state index contributed by atoms with van der Waals surface area (Å²) in [5.74, 6) is -5.50. The number of ether oxygens (including phenoxy) is 5. The van der Waals surface area contributed by atoms with Crippen LogP contribution in [0.3, 0.4) is 0 Å². The summed E-state index contributed by atoms with van der Waals surface area (Å²) in [5.41, 5.74) is -0.290. The fourth-order valence-corrected chi connectivity index (χ4v) is 4.62. The van der Waals surface area contributed by atoms with Crippen LogP contribution in [0.2, 0.25) is 0 Å². The molecule has 8 atom stereocenters. The fourth-order valence-electron chi connectivity index (χ4n) is 4.62. The van der Waals surface area contributed by atoms with Crippen molar-refractivity contribution in [3.05, 3.63) is 47.2 Å². The number of carboxylic acids is 2. The number of aliphatic carboxylic acids is 2. The SMILES string of the molecule is COc1cc(C(=O)OCC2OC(OC3OC=C(C(=O)O)C4CC=C(C(=O)O)C34)C(O)C(O)C2O)ccc1O. The zero-order chi connectivity index (χ0) is 27.7. The molecule has 1 aromatic carbocycles. The van der Waals surface area contributed by atoms with Gasteiger partial charge in [0.25, 0.3) is 0 Å². The Bertz CT molecular complexity index is 1160. The summed E-state index contributed by atoms with van der Waals surface area (Å²) in [6.07, 6.45) is -7.42. The van der Waals surface area contributed by atoms with E-state index in [0.717, 1.165) is 6.26 Å². The first-order chi connectivity index (χ1) is 18.0. The van der Waals surface area contributed by atoms with E-state index in [2.05, 4.69) is 0 Å². The van der Waals surface area contributed by atoms with Crippen LogP contribution < -0.4 is 4.74 Å². The summed E-state index contributed by atoms with van der Waals surface area (Å²) < 4.78 is 26.7. The minimum absolute atomic E-state index is 0.00947. The predicted octanol–water partition coefficient (Wildman–Crippen LogP) is -0.646. The molecule has 0 radical (unpaired) electrons. The lowest BCUT2D eigenvalue weighted by Crippen LogP contribution is -2.60. The second kappa shape index (κ2) is 11.0. The summed E-state index contributed by atoms with van der Waals surface area (Å²) in [5, 5.41) is 59.9. The molecule has 2 heterocycles. The van der Waals surface area contributed by atoms with Crippen LogP contribution in [-0.4, -0.2) is 99.3 Å². The van der Waals surface area contributed by atoms with Crippen LogP contribution >= 0.6 is 0 Å². The molecule has 0 spiro atoms. The molecule has 3 aliphatic rings. The van der Waals surface area contributed by atoms with Gasteiger partial charge in [0, 0.05) is 11.5 Å². The molecular weight excluding hydrogens is 512 g/mol. The van der Waals surface area contributed by atoms with Crippen molar-refractivity contribution in [2.45, 2.75) is 43.4 Å². The van der Waals surface area contributed by atoms with Gasteiger partial charge in [-0.3, -0.25) is 0 Å². The lowest BCUT2D eigenvalue weighted by atomic mass is 9.83. The van der Waals surface area contributed by atoms with Crippen molar-refractivity contribution >= 4 is 17.9 Å². The summed E-state index contributed by atoms with van der Waals surface area (Å²) in [7, 11) is 1.29. The quantitative estimate of drug-likeness (QED) is 0.227. The van der Waals surface area contributed by atoms with Crippen LogP contribution in [0.4, 0.5) is 0 Å². The third-order valence-electron chi connectivity index (χ3n) is 6.63. The smallest absolute Gasteiger partial charge is 0.338 e. The van der Waals surface area contributed by atoms with E-state index in [0.29, 0.717) is 0 Å². The molecule has 14 nitrogen and oxygen atoms in total. The number of aliphatic hydroxyl groups is 3. The molecule has 4 rings (SSSR count). The molecule has 0 aromatic heterocycles. The van der Waals surface area contributed by atoms with E-state index < -0.39 is 73.3 Å². The Balaban J connectivity index is 1.47. The molecule has 0 amide bonds. The number of hydrogen-bond acceptors (Lipinski definition) is 12. The molecule has 6 N–H and O–H groups in total. The Labute approximate surface area is 214 Å². The third kappa shape index (κ3) is 5.16. The molecule has 8 unspecified atom stereocenters. The van der Waals surface area contributed by atoms with Gasteiger partial charge in [-0.15, -0.1) is 0 Å². The second-order valence-corrected chi connectivity index (χ2v) is 8.85. The number of carboxylic acid groups (broad SMARTS) is 2. The Kier molecular flexibility index (Phi) is 7.89. The number of methoxy groups -OCH3 is 1. The topological polar surface area (TPSA) is 219 Å². The van der Waals surface area contributed by atoms with Crippen molar-refractivity contribution in [2.75, 3.05) is 13.7 Å². The van der Waals surface area contributed by atoms with Gasteiger partial charge in [-0.25, -0.2) is 14.4 Å². The Morgan fingerprint density at radius 1 is 1.00 bits per heavy atom. The molecule has 0 bridgehead atoms. The average molecular weight is 538 g/mol. The highest BCUT2D eigenvalue weighted by molar-refractivity contribution is 5.91. The zero-order valence-corrected chi connectivity index (χ0v) is 19.9. The van der Waals surface area contributed by atoms with Gasteiger partial charge in [-0.1, -0.05) is 6.08 Å². The molecular formula is C24H26O14. The first-order valence-electron chi connectivity index (χ1n) is 11.4. The first-order valence-corrected chi connectivity index (χ1v) is 11.4. The van der Waals surface area contributed by atoms with Gasteiger partial charge in [0.15, 0.2) is 17.8 Å². The van der Waals surface area contributed by atoms with Gasteiger partial charge < -0.3 is 54.3 Å². The maximum atomic E-state index is 12.5. The largest absolute Gasteiger partial charge is 0.504 e. The molecule has 0 saturated carbocycles. The van der Waals surface area contributed by atoms with Crippen LogP contribution in [0.1, 0.15) is 16.8 Å². The number of hydrogen-bond donors (Lipinski definition) is 6. The average Bonchev–Trinajstić information content (AvgIpc) is 3.34. The highest BCUT2D eigenvalue weighted by atomic mass is 16.8. The monoisotopic (exact) mass is 538 g/mol. The van der Waals surface area contributed by atoms with E-state index in [-0.39, 0.29) is 34.6 Å². The number of aromatic hydroxyl groups is 1. The van der Waals surface area contributed by atoms with Crippen molar-refractivity contribution in [1.29, 1.82) is 0 Å². The van der Waals surface area contributed by atoms with Gasteiger partial charge in [0.05, 0.1) is 30.4 Å². The maximum Gasteiger partial charge on any atom is 0.338 e. The van der Waals surface area contributed by atoms with Crippen molar-refractivity contribution < 1.29 is 68.7 Å². The van der Waals surface area contributed by atoms with Gasteiger partial charge in [0.1, 0.15) is 31.0 Å². The van der Waals surface area contributed by atoms with Crippen LogP contribution in [0.15, 0.2) is 41.7 Å². The third-order valence-corrected chi connectivity index (χ3v) is 6.63. The molecule has 1 saturated heterocycles. The molecule has 1 fully saturated rings.